The summed E-state index contributed by atoms with van der Waals surface area (Å²) in [6, 6.07) is 18.5. The van der Waals surface area contributed by atoms with E-state index in [9.17, 15) is 14.9 Å². The second-order valence-electron chi connectivity index (χ2n) is 6.31. The molecule has 3 rings (SSSR count). The zero-order chi connectivity index (χ0) is 20.1. The number of nitrogens with one attached hydrogen (secondary N) is 1. The van der Waals surface area contributed by atoms with Crippen molar-refractivity contribution in [3.8, 4) is 0 Å². The average molecular weight is 374 g/mol. The Morgan fingerprint density at radius 3 is 2.18 bits per heavy atom. The van der Waals surface area contributed by atoms with Gasteiger partial charge in [0.15, 0.2) is 0 Å². The van der Waals surface area contributed by atoms with Crippen LogP contribution in [0.25, 0.3) is 0 Å². The van der Waals surface area contributed by atoms with E-state index in [2.05, 4.69) is 15.5 Å². The van der Waals surface area contributed by atoms with Crippen molar-refractivity contribution in [2.45, 2.75) is 13.8 Å². The van der Waals surface area contributed by atoms with Gasteiger partial charge in [-0.05, 0) is 55.8 Å². The van der Waals surface area contributed by atoms with Gasteiger partial charge in [-0.2, -0.15) is 5.11 Å². The van der Waals surface area contributed by atoms with Crippen molar-refractivity contribution >= 4 is 28.7 Å². The van der Waals surface area contributed by atoms with Gasteiger partial charge in [0.25, 0.3) is 11.6 Å². The topological polar surface area (TPSA) is 97.0 Å². The molecule has 0 aliphatic rings. The van der Waals surface area contributed by atoms with E-state index in [0.717, 1.165) is 11.1 Å². The second kappa shape index (κ2) is 8.22. The van der Waals surface area contributed by atoms with E-state index in [1.54, 1.807) is 6.07 Å². The quantitative estimate of drug-likeness (QED) is 0.343. The summed E-state index contributed by atoms with van der Waals surface area (Å²) in [4.78, 5) is 22.7. The van der Waals surface area contributed by atoms with E-state index in [4.69, 9.17) is 0 Å². The zero-order valence-electron chi connectivity index (χ0n) is 15.4. The molecule has 0 aromatic heterocycles. The van der Waals surface area contributed by atoms with Crippen LogP contribution in [0.4, 0.5) is 22.7 Å². The number of hydrogen-bond donors (Lipinski definition) is 1. The van der Waals surface area contributed by atoms with E-state index in [-0.39, 0.29) is 11.6 Å². The SMILES string of the molecule is Cc1ccc(N=Nc2cc(C)ccc2NC(=O)c2ccc([N+](=O)[O-])cc2)cc1. The molecule has 28 heavy (non-hydrogen) atoms. The molecule has 0 heterocycles. The largest absolute Gasteiger partial charge is 0.320 e. The van der Waals surface area contributed by atoms with Gasteiger partial charge in [-0.3, -0.25) is 14.9 Å². The van der Waals surface area contributed by atoms with Crippen LogP contribution in [0.2, 0.25) is 0 Å². The maximum Gasteiger partial charge on any atom is 0.269 e. The summed E-state index contributed by atoms with van der Waals surface area (Å²) in [6.45, 7) is 3.92. The summed E-state index contributed by atoms with van der Waals surface area (Å²) >= 11 is 0. The fraction of sp³-hybridized carbons (Fsp3) is 0.0952. The van der Waals surface area contributed by atoms with Crippen LogP contribution in [0.3, 0.4) is 0 Å². The molecule has 1 N–H and O–H groups in total. The van der Waals surface area contributed by atoms with Crippen molar-refractivity contribution in [2.24, 2.45) is 10.2 Å². The van der Waals surface area contributed by atoms with Gasteiger partial charge in [0.2, 0.25) is 0 Å². The fourth-order valence-corrected chi connectivity index (χ4v) is 2.48. The summed E-state index contributed by atoms with van der Waals surface area (Å²) in [5.41, 5.74) is 4.09. The third kappa shape index (κ3) is 4.64. The smallest absolute Gasteiger partial charge is 0.269 e. The Morgan fingerprint density at radius 1 is 0.893 bits per heavy atom. The first-order valence-corrected chi connectivity index (χ1v) is 8.57. The number of aryl methyl sites for hydroxylation is 2. The first-order chi connectivity index (χ1) is 13.4. The third-order valence-corrected chi connectivity index (χ3v) is 4.05. The van der Waals surface area contributed by atoms with Gasteiger partial charge in [0.1, 0.15) is 5.69 Å². The van der Waals surface area contributed by atoms with Gasteiger partial charge in [-0.25, -0.2) is 0 Å². The van der Waals surface area contributed by atoms with Gasteiger partial charge in [0.05, 0.1) is 16.3 Å². The zero-order valence-corrected chi connectivity index (χ0v) is 15.4. The Morgan fingerprint density at radius 2 is 1.54 bits per heavy atom. The molecule has 0 unspecified atom stereocenters. The maximum absolute atomic E-state index is 12.5. The predicted molar refractivity (Wildman–Crippen MR) is 108 cm³/mol. The second-order valence-corrected chi connectivity index (χ2v) is 6.31. The third-order valence-electron chi connectivity index (χ3n) is 4.05. The lowest BCUT2D eigenvalue weighted by Crippen LogP contribution is -2.12. The Balaban J connectivity index is 1.82. The lowest BCUT2D eigenvalue weighted by Gasteiger charge is -2.08. The number of hydrogen-bond acceptors (Lipinski definition) is 5. The molecule has 0 aliphatic carbocycles. The summed E-state index contributed by atoms with van der Waals surface area (Å²) in [5, 5.41) is 22.0. The monoisotopic (exact) mass is 374 g/mol. The number of benzene rings is 3. The van der Waals surface area contributed by atoms with Crippen LogP contribution in [0.15, 0.2) is 77.0 Å². The first-order valence-electron chi connectivity index (χ1n) is 8.57. The van der Waals surface area contributed by atoms with Crippen molar-refractivity contribution in [1.29, 1.82) is 0 Å². The maximum atomic E-state index is 12.5. The highest BCUT2D eigenvalue weighted by molar-refractivity contribution is 6.05. The van der Waals surface area contributed by atoms with E-state index >= 15 is 0 Å². The van der Waals surface area contributed by atoms with Crippen molar-refractivity contribution in [3.63, 3.8) is 0 Å². The fourth-order valence-electron chi connectivity index (χ4n) is 2.48. The molecule has 0 aliphatic heterocycles. The summed E-state index contributed by atoms with van der Waals surface area (Å²) < 4.78 is 0. The molecule has 0 spiro atoms. The van der Waals surface area contributed by atoms with E-state index in [1.807, 2.05) is 50.2 Å². The van der Waals surface area contributed by atoms with E-state index < -0.39 is 4.92 Å². The normalized spacial score (nSPS) is 10.8. The highest BCUT2D eigenvalue weighted by Gasteiger charge is 2.12. The highest BCUT2D eigenvalue weighted by Crippen LogP contribution is 2.29. The first kappa shape index (κ1) is 18.9. The minimum Gasteiger partial charge on any atom is -0.320 e. The molecule has 7 heteroatoms. The molecule has 0 saturated carbocycles. The number of carbonyl (C=O) groups excluding carboxylic acids is 1. The number of carbonyl (C=O) groups is 1. The molecule has 140 valence electrons. The van der Waals surface area contributed by atoms with Crippen molar-refractivity contribution in [2.75, 3.05) is 5.32 Å². The molecular weight excluding hydrogens is 356 g/mol. The number of nitro benzene ring substituents is 1. The lowest BCUT2D eigenvalue weighted by molar-refractivity contribution is -0.384. The Hall–Kier alpha value is -3.87. The molecule has 0 bridgehead atoms. The van der Waals surface area contributed by atoms with Crippen LogP contribution in [0, 0.1) is 24.0 Å². The van der Waals surface area contributed by atoms with E-state index in [1.165, 1.54) is 24.3 Å². The lowest BCUT2D eigenvalue weighted by atomic mass is 10.1. The Labute approximate surface area is 161 Å². The minimum absolute atomic E-state index is 0.0699. The molecule has 0 fully saturated rings. The molecule has 3 aromatic carbocycles. The molecule has 0 radical (unpaired) electrons. The van der Waals surface area contributed by atoms with Gasteiger partial charge in [0, 0.05) is 17.7 Å². The van der Waals surface area contributed by atoms with Gasteiger partial charge in [-0.1, -0.05) is 23.8 Å². The van der Waals surface area contributed by atoms with Gasteiger partial charge < -0.3 is 5.32 Å². The van der Waals surface area contributed by atoms with Crippen LogP contribution in [0.1, 0.15) is 21.5 Å². The van der Waals surface area contributed by atoms with Crippen LogP contribution in [-0.2, 0) is 0 Å². The summed E-state index contributed by atoms with van der Waals surface area (Å²) in [6.07, 6.45) is 0. The number of anilines is 1. The van der Waals surface area contributed by atoms with Crippen LogP contribution < -0.4 is 5.32 Å². The number of nitro groups is 1. The number of amides is 1. The summed E-state index contributed by atoms with van der Waals surface area (Å²) in [5.74, 6) is -0.384. The molecule has 3 aromatic rings. The number of rotatable bonds is 5. The summed E-state index contributed by atoms with van der Waals surface area (Å²) in [7, 11) is 0. The van der Waals surface area contributed by atoms with Crippen LogP contribution in [-0.4, -0.2) is 10.8 Å². The highest BCUT2D eigenvalue weighted by atomic mass is 16.6. The molecule has 1 amide bonds. The Bertz CT molecular complexity index is 1040. The van der Waals surface area contributed by atoms with Crippen molar-refractivity contribution < 1.29 is 9.72 Å². The number of azo groups is 1. The average Bonchev–Trinajstić information content (AvgIpc) is 2.69. The minimum atomic E-state index is -0.509. The van der Waals surface area contributed by atoms with Crippen molar-refractivity contribution in [1.82, 2.24) is 0 Å². The van der Waals surface area contributed by atoms with Crippen LogP contribution in [0.5, 0.6) is 0 Å². The standard InChI is InChI=1S/C21H18N4O3/c1-14-3-8-17(9-4-14)23-24-20-13-15(2)5-12-19(20)22-21(26)16-6-10-18(11-7-16)25(27)28/h3-13H,1-2H3,(H,22,26). The van der Waals surface area contributed by atoms with Crippen molar-refractivity contribution in [3.05, 3.63) is 93.5 Å². The van der Waals surface area contributed by atoms with Gasteiger partial charge in [-0.15, -0.1) is 5.11 Å². The molecule has 7 nitrogen and oxygen atoms in total. The van der Waals surface area contributed by atoms with Gasteiger partial charge >= 0.3 is 0 Å². The molecule has 0 saturated heterocycles. The number of nitrogens with zero attached hydrogens (tertiary/aromatic N) is 3. The number of non-ortho nitro benzene ring substituents is 1. The van der Waals surface area contributed by atoms with E-state index in [0.29, 0.717) is 22.6 Å². The van der Waals surface area contributed by atoms with Crippen LogP contribution >= 0.6 is 0 Å². The molecule has 0 atom stereocenters. The Kier molecular flexibility index (Phi) is 5.55. The predicted octanol–water partition coefficient (Wildman–Crippen LogP) is 5.88. The molecular formula is C21H18N4O3.